The van der Waals surface area contributed by atoms with Crippen LogP contribution in [0.15, 0.2) is 17.3 Å². The predicted octanol–water partition coefficient (Wildman–Crippen LogP) is 2.89. The van der Waals surface area contributed by atoms with E-state index < -0.39 is 0 Å². The third kappa shape index (κ3) is 1.88. The van der Waals surface area contributed by atoms with Crippen molar-refractivity contribution in [1.82, 2.24) is 0 Å². The lowest BCUT2D eigenvalue weighted by atomic mass is 9.75. The largest absolute Gasteiger partial charge is 0.151 e. The second kappa shape index (κ2) is 3.65. The number of hydrogen-bond donors (Lipinski definition) is 0. The first kappa shape index (κ1) is 8.44. The molecule has 2 nitrogen and oxygen atoms in total. The molecule has 0 spiro atoms. The van der Waals surface area contributed by atoms with Gasteiger partial charge in [0.25, 0.3) is 0 Å². The fourth-order valence-corrected chi connectivity index (χ4v) is 1.66. The molecule has 0 bridgehead atoms. The van der Waals surface area contributed by atoms with Gasteiger partial charge in [-0.25, -0.2) is 0 Å². The molecule has 0 aromatic heterocycles. The minimum absolute atomic E-state index is 0.205. The maximum Gasteiger partial charge on any atom is 0.0870 e. The van der Waals surface area contributed by atoms with Crippen LogP contribution in [0, 0.1) is 10.3 Å². The Balaban J connectivity index is 2.58. The molecule has 0 amide bonds. The third-order valence-electron chi connectivity index (χ3n) is 2.71. The molecule has 1 aliphatic carbocycles. The molecule has 0 saturated carbocycles. The molecular weight excluding hydrogens is 138 g/mol. The van der Waals surface area contributed by atoms with Crippen LogP contribution in [0.2, 0.25) is 0 Å². The van der Waals surface area contributed by atoms with E-state index in [9.17, 15) is 4.91 Å². The van der Waals surface area contributed by atoms with E-state index in [1.807, 2.05) is 0 Å². The summed E-state index contributed by atoms with van der Waals surface area (Å²) in [5.41, 5.74) is 0.205. The maximum atomic E-state index is 10.2. The first-order valence-electron chi connectivity index (χ1n) is 4.27. The maximum absolute atomic E-state index is 10.2. The van der Waals surface area contributed by atoms with Gasteiger partial charge in [-0.1, -0.05) is 24.3 Å². The molecular formula is C9H15NO. The minimum Gasteiger partial charge on any atom is -0.151 e. The van der Waals surface area contributed by atoms with E-state index in [1.165, 1.54) is 0 Å². The summed E-state index contributed by atoms with van der Waals surface area (Å²) in [6.07, 6.45) is 8.73. The average molecular weight is 153 g/mol. The summed E-state index contributed by atoms with van der Waals surface area (Å²) in [5, 5.41) is 3.02. The van der Waals surface area contributed by atoms with E-state index in [0.717, 1.165) is 25.7 Å². The summed E-state index contributed by atoms with van der Waals surface area (Å²) in [4.78, 5) is 10.2. The van der Waals surface area contributed by atoms with Crippen LogP contribution in [0.4, 0.5) is 0 Å². The van der Waals surface area contributed by atoms with Crippen LogP contribution in [0.5, 0.6) is 0 Å². The highest BCUT2D eigenvalue weighted by molar-refractivity contribution is 4.98. The molecule has 2 heteroatoms. The predicted molar refractivity (Wildman–Crippen MR) is 46.4 cm³/mol. The zero-order valence-corrected chi connectivity index (χ0v) is 7.05. The van der Waals surface area contributed by atoms with Crippen molar-refractivity contribution in [2.24, 2.45) is 10.6 Å². The normalized spacial score (nSPS) is 30.3. The topological polar surface area (TPSA) is 29.4 Å². The molecule has 0 radical (unpaired) electrons. The highest BCUT2D eigenvalue weighted by atomic mass is 16.3. The average Bonchev–Trinajstić information content (AvgIpc) is 2.07. The summed E-state index contributed by atoms with van der Waals surface area (Å²) in [6, 6.07) is 0. The second-order valence-corrected chi connectivity index (χ2v) is 3.35. The van der Waals surface area contributed by atoms with Crippen LogP contribution in [0.25, 0.3) is 0 Å². The van der Waals surface area contributed by atoms with Crippen molar-refractivity contribution in [3.8, 4) is 0 Å². The Bertz CT molecular complexity index is 165. The van der Waals surface area contributed by atoms with Crippen LogP contribution in [0.1, 0.15) is 32.6 Å². The zero-order chi connectivity index (χ0) is 8.16. The Morgan fingerprint density at radius 2 is 2.36 bits per heavy atom. The molecule has 0 aliphatic heterocycles. The standard InChI is InChI=1S/C9H15NO/c1-2-9(8-10-11)6-4-3-5-7-9/h3-4H,2,5-8H2,1H3. The van der Waals surface area contributed by atoms with Crippen LogP contribution < -0.4 is 0 Å². The molecule has 1 atom stereocenters. The first-order valence-corrected chi connectivity index (χ1v) is 4.27. The molecule has 0 fully saturated rings. The highest BCUT2D eigenvalue weighted by Crippen LogP contribution is 2.36. The smallest absolute Gasteiger partial charge is 0.0870 e. The Hall–Kier alpha value is -0.660. The van der Waals surface area contributed by atoms with Gasteiger partial charge in [-0.3, -0.25) is 0 Å². The Morgan fingerprint density at radius 1 is 1.55 bits per heavy atom. The third-order valence-corrected chi connectivity index (χ3v) is 2.71. The van der Waals surface area contributed by atoms with E-state index in [2.05, 4.69) is 24.3 Å². The summed E-state index contributed by atoms with van der Waals surface area (Å²) in [6.45, 7) is 2.64. The van der Waals surface area contributed by atoms with Crippen molar-refractivity contribution in [2.45, 2.75) is 32.6 Å². The van der Waals surface area contributed by atoms with E-state index in [-0.39, 0.29) is 5.41 Å². The lowest BCUT2D eigenvalue weighted by Crippen LogP contribution is -2.24. The molecule has 1 aliphatic rings. The molecule has 0 N–H and O–H groups in total. The van der Waals surface area contributed by atoms with Gasteiger partial charge in [0, 0.05) is 0 Å². The fourth-order valence-electron chi connectivity index (χ4n) is 1.66. The van der Waals surface area contributed by atoms with E-state index in [0.29, 0.717) is 6.54 Å². The molecule has 62 valence electrons. The number of allylic oxidation sites excluding steroid dienone is 2. The van der Waals surface area contributed by atoms with Crippen molar-refractivity contribution in [3.05, 3.63) is 17.1 Å². The second-order valence-electron chi connectivity index (χ2n) is 3.35. The molecule has 1 unspecified atom stereocenters. The monoisotopic (exact) mass is 153 g/mol. The van der Waals surface area contributed by atoms with Crippen LogP contribution in [0.3, 0.4) is 0 Å². The van der Waals surface area contributed by atoms with Gasteiger partial charge in [-0.2, -0.15) is 4.91 Å². The van der Waals surface area contributed by atoms with Gasteiger partial charge >= 0.3 is 0 Å². The molecule has 1 rings (SSSR count). The molecule has 0 aromatic carbocycles. The van der Waals surface area contributed by atoms with Gasteiger partial charge < -0.3 is 0 Å². The van der Waals surface area contributed by atoms with Gasteiger partial charge in [0.1, 0.15) is 0 Å². The lowest BCUT2D eigenvalue weighted by Gasteiger charge is -2.30. The van der Waals surface area contributed by atoms with E-state index in [4.69, 9.17) is 0 Å². The van der Waals surface area contributed by atoms with Crippen LogP contribution in [-0.2, 0) is 0 Å². The van der Waals surface area contributed by atoms with Gasteiger partial charge in [0.2, 0.25) is 0 Å². The van der Waals surface area contributed by atoms with Gasteiger partial charge in [0.15, 0.2) is 0 Å². The summed E-state index contributed by atoms with van der Waals surface area (Å²) < 4.78 is 0. The fraction of sp³-hybridized carbons (Fsp3) is 0.778. The van der Waals surface area contributed by atoms with Crippen molar-refractivity contribution in [2.75, 3.05) is 6.54 Å². The highest BCUT2D eigenvalue weighted by Gasteiger charge is 2.28. The van der Waals surface area contributed by atoms with E-state index in [1.54, 1.807) is 0 Å². The van der Waals surface area contributed by atoms with Gasteiger partial charge in [-0.05, 0) is 31.1 Å². The van der Waals surface area contributed by atoms with Gasteiger partial charge in [-0.15, -0.1) is 0 Å². The van der Waals surface area contributed by atoms with Crippen molar-refractivity contribution >= 4 is 0 Å². The molecule has 0 aromatic rings. The Labute approximate surface area is 67.7 Å². The van der Waals surface area contributed by atoms with Crippen LogP contribution in [-0.4, -0.2) is 6.54 Å². The molecule has 11 heavy (non-hydrogen) atoms. The van der Waals surface area contributed by atoms with Crippen molar-refractivity contribution in [3.63, 3.8) is 0 Å². The number of nitrogens with zero attached hydrogens (tertiary/aromatic N) is 1. The zero-order valence-electron chi connectivity index (χ0n) is 7.05. The number of rotatable bonds is 3. The number of nitroso groups, excluding NO2 is 1. The van der Waals surface area contributed by atoms with Crippen molar-refractivity contribution < 1.29 is 0 Å². The minimum atomic E-state index is 0.205. The van der Waals surface area contributed by atoms with Gasteiger partial charge in [0.05, 0.1) is 6.54 Å². The summed E-state index contributed by atoms with van der Waals surface area (Å²) >= 11 is 0. The summed E-state index contributed by atoms with van der Waals surface area (Å²) in [7, 11) is 0. The molecule has 0 saturated heterocycles. The first-order chi connectivity index (χ1) is 5.33. The van der Waals surface area contributed by atoms with Crippen molar-refractivity contribution in [1.29, 1.82) is 0 Å². The SMILES string of the molecule is CCC1(CN=O)CC=CCC1. The lowest BCUT2D eigenvalue weighted by molar-refractivity contribution is 0.258. The van der Waals surface area contributed by atoms with E-state index >= 15 is 0 Å². The molecule has 0 heterocycles. The Kier molecular flexibility index (Phi) is 2.80. The summed E-state index contributed by atoms with van der Waals surface area (Å²) in [5.74, 6) is 0. The quantitative estimate of drug-likeness (QED) is 0.453. The number of hydrogen-bond acceptors (Lipinski definition) is 2. The van der Waals surface area contributed by atoms with Crippen LogP contribution >= 0.6 is 0 Å². The Morgan fingerprint density at radius 3 is 2.82 bits per heavy atom.